The van der Waals surface area contributed by atoms with Crippen molar-refractivity contribution in [1.29, 1.82) is 0 Å². The van der Waals surface area contributed by atoms with Crippen LogP contribution in [0, 0.1) is 0 Å². The molecule has 0 aromatic rings. The Morgan fingerprint density at radius 2 is 1.90 bits per heavy atom. The molecule has 0 unspecified atom stereocenters. The van der Waals surface area contributed by atoms with Gasteiger partial charge in [-0.1, -0.05) is 6.42 Å². The van der Waals surface area contributed by atoms with E-state index in [1.54, 1.807) is 0 Å². The zero-order valence-corrected chi connectivity index (χ0v) is 15.8. The summed E-state index contributed by atoms with van der Waals surface area (Å²) >= 11 is 0. The summed E-state index contributed by atoms with van der Waals surface area (Å²) in [5.74, 6) is 0.680. The number of unbranched alkanes of at least 4 members (excludes halogenated alkanes) is 2. The highest BCUT2D eigenvalue weighted by Crippen LogP contribution is 2.01. The molecule has 0 saturated carbocycles. The molecule has 0 bridgehead atoms. The van der Waals surface area contributed by atoms with Crippen molar-refractivity contribution < 1.29 is 14.3 Å². The van der Waals surface area contributed by atoms with Crippen molar-refractivity contribution in [2.24, 2.45) is 4.99 Å². The topological polar surface area (TPSA) is 72.0 Å². The number of ether oxygens (including phenoxy) is 2. The minimum absolute atomic E-state index is 0. The van der Waals surface area contributed by atoms with E-state index in [1.165, 1.54) is 7.11 Å². The summed E-state index contributed by atoms with van der Waals surface area (Å²) in [7, 11) is 1.42. The van der Waals surface area contributed by atoms with Crippen molar-refractivity contribution >= 4 is 35.9 Å². The minimum Gasteiger partial charge on any atom is -0.469 e. The maximum absolute atomic E-state index is 10.9. The molecule has 0 radical (unpaired) electrons. The smallest absolute Gasteiger partial charge is 0.305 e. The molecule has 21 heavy (non-hydrogen) atoms. The number of aliphatic imine (C=N–C) groups is 1. The van der Waals surface area contributed by atoms with E-state index in [4.69, 9.17) is 4.74 Å². The van der Waals surface area contributed by atoms with Gasteiger partial charge in [-0.05, 0) is 26.7 Å². The molecule has 7 heteroatoms. The molecule has 0 aliphatic rings. The molecule has 0 saturated heterocycles. The molecular formula is C14H30IN3O3. The van der Waals surface area contributed by atoms with E-state index in [-0.39, 0.29) is 29.9 Å². The number of methoxy groups -OCH3 is 1. The Morgan fingerprint density at radius 3 is 2.52 bits per heavy atom. The maximum Gasteiger partial charge on any atom is 0.305 e. The number of guanidine groups is 1. The highest BCUT2D eigenvalue weighted by atomic mass is 127. The Morgan fingerprint density at radius 1 is 1.14 bits per heavy atom. The first kappa shape index (κ1) is 22.7. The Kier molecular flexibility index (Phi) is 18.9. The highest BCUT2D eigenvalue weighted by Gasteiger charge is 1.99. The number of nitrogens with zero attached hydrogens (tertiary/aromatic N) is 1. The van der Waals surface area contributed by atoms with Crippen LogP contribution < -0.4 is 10.6 Å². The number of rotatable bonds is 11. The van der Waals surface area contributed by atoms with Gasteiger partial charge in [0.05, 0.1) is 13.7 Å². The fraction of sp³-hybridized carbons (Fsp3) is 0.857. The molecule has 0 amide bonds. The van der Waals surface area contributed by atoms with E-state index in [2.05, 4.69) is 20.4 Å². The van der Waals surface area contributed by atoms with Gasteiger partial charge < -0.3 is 20.1 Å². The first-order valence-corrected chi connectivity index (χ1v) is 7.41. The largest absolute Gasteiger partial charge is 0.469 e. The summed E-state index contributed by atoms with van der Waals surface area (Å²) in [5, 5.41) is 6.40. The fourth-order valence-electron chi connectivity index (χ4n) is 1.58. The molecule has 0 aliphatic carbocycles. The maximum atomic E-state index is 10.9. The first-order chi connectivity index (χ1) is 9.74. The van der Waals surface area contributed by atoms with Crippen molar-refractivity contribution in [3.8, 4) is 0 Å². The molecule has 6 nitrogen and oxygen atoms in total. The van der Waals surface area contributed by atoms with Crippen molar-refractivity contribution in [1.82, 2.24) is 10.6 Å². The van der Waals surface area contributed by atoms with E-state index in [9.17, 15) is 4.79 Å². The molecule has 0 heterocycles. The number of hydrogen-bond acceptors (Lipinski definition) is 4. The van der Waals surface area contributed by atoms with Gasteiger partial charge in [-0.3, -0.25) is 9.79 Å². The van der Waals surface area contributed by atoms with E-state index in [0.717, 1.165) is 51.5 Å². The van der Waals surface area contributed by atoms with E-state index in [1.807, 2.05) is 13.8 Å². The van der Waals surface area contributed by atoms with Gasteiger partial charge in [0.1, 0.15) is 0 Å². The summed E-state index contributed by atoms with van der Waals surface area (Å²) in [6.45, 7) is 7.77. The van der Waals surface area contributed by atoms with Gasteiger partial charge in [-0.25, -0.2) is 0 Å². The summed E-state index contributed by atoms with van der Waals surface area (Å²) in [5.41, 5.74) is 0. The molecule has 0 aromatic carbocycles. The van der Waals surface area contributed by atoms with Crippen LogP contribution in [0.4, 0.5) is 0 Å². The van der Waals surface area contributed by atoms with Crippen molar-refractivity contribution in [2.45, 2.75) is 39.5 Å². The molecule has 0 fully saturated rings. The Balaban J connectivity index is 0. The molecule has 2 N–H and O–H groups in total. The van der Waals surface area contributed by atoms with Crippen molar-refractivity contribution in [3.05, 3.63) is 0 Å². The third kappa shape index (κ3) is 15.6. The number of nitrogens with one attached hydrogen (secondary N) is 2. The average Bonchev–Trinajstić information content (AvgIpc) is 2.46. The zero-order valence-electron chi connectivity index (χ0n) is 13.4. The number of carbonyl (C=O) groups is 1. The second-order valence-corrected chi connectivity index (χ2v) is 4.27. The Hall–Kier alpha value is -0.570. The average molecular weight is 415 g/mol. The lowest BCUT2D eigenvalue weighted by Gasteiger charge is -2.11. The quantitative estimate of drug-likeness (QED) is 0.177. The first-order valence-electron chi connectivity index (χ1n) is 7.41. The lowest BCUT2D eigenvalue weighted by molar-refractivity contribution is -0.140. The van der Waals surface area contributed by atoms with Crippen LogP contribution in [0.5, 0.6) is 0 Å². The second kappa shape index (κ2) is 17.5. The SMILES string of the molecule is CCNC(=NCCCCCC(=O)OC)NCCOCC.I. The molecule has 0 atom stereocenters. The number of hydrogen-bond donors (Lipinski definition) is 2. The zero-order chi connectivity index (χ0) is 15.1. The van der Waals surface area contributed by atoms with E-state index >= 15 is 0 Å². The van der Waals surface area contributed by atoms with Gasteiger partial charge in [0.2, 0.25) is 0 Å². The predicted octanol–water partition coefficient (Wildman–Crippen LogP) is 1.93. The lowest BCUT2D eigenvalue weighted by atomic mass is 10.2. The summed E-state index contributed by atoms with van der Waals surface area (Å²) < 4.78 is 9.86. The predicted molar refractivity (Wildman–Crippen MR) is 96.4 cm³/mol. The van der Waals surface area contributed by atoms with Crippen LogP contribution >= 0.6 is 24.0 Å². The van der Waals surface area contributed by atoms with Crippen LogP contribution in [0.25, 0.3) is 0 Å². The summed E-state index contributed by atoms with van der Waals surface area (Å²) in [4.78, 5) is 15.4. The number of halogens is 1. The van der Waals surface area contributed by atoms with Crippen LogP contribution in [0.15, 0.2) is 4.99 Å². The van der Waals surface area contributed by atoms with Crippen LogP contribution in [0.3, 0.4) is 0 Å². The van der Waals surface area contributed by atoms with Gasteiger partial charge in [-0.2, -0.15) is 0 Å². The van der Waals surface area contributed by atoms with E-state index < -0.39 is 0 Å². The molecule has 126 valence electrons. The molecule has 0 aliphatic heterocycles. The fourth-order valence-corrected chi connectivity index (χ4v) is 1.58. The highest BCUT2D eigenvalue weighted by molar-refractivity contribution is 14.0. The number of esters is 1. The monoisotopic (exact) mass is 415 g/mol. The van der Waals surface area contributed by atoms with Gasteiger partial charge in [0.25, 0.3) is 0 Å². The normalized spacial score (nSPS) is 10.7. The van der Waals surface area contributed by atoms with Gasteiger partial charge in [0.15, 0.2) is 5.96 Å². The third-order valence-corrected chi connectivity index (χ3v) is 2.62. The summed E-state index contributed by atoms with van der Waals surface area (Å²) in [6.07, 6.45) is 3.30. The second-order valence-electron chi connectivity index (χ2n) is 4.27. The van der Waals surface area contributed by atoms with Crippen molar-refractivity contribution in [2.75, 3.05) is 40.0 Å². The third-order valence-electron chi connectivity index (χ3n) is 2.62. The van der Waals surface area contributed by atoms with Crippen LogP contribution in [0.2, 0.25) is 0 Å². The Bertz CT molecular complexity index is 276. The Labute approximate surface area is 145 Å². The lowest BCUT2D eigenvalue weighted by Crippen LogP contribution is -2.39. The standard InChI is InChI=1S/C14H29N3O3.HI/c1-4-15-14(17-11-12-20-5-2)16-10-8-6-7-9-13(18)19-3;/h4-12H2,1-3H3,(H2,15,16,17);1H. The van der Waals surface area contributed by atoms with Crippen LogP contribution in [0.1, 0.15) is 39.5 Å². The van der Waals surface area contributed by atoms with Crippen molar-refractivity contribution in [3.63, 3.8) is 0 Å². The van der Waals surface area contributed by atoms with Gasteiger partial charge in [-0.15, -0.1) is 24.0 Å². The molecule has 0 rings (SSSR count). The summed E-state index contributed by atoms with van der Waals surface area (Å²) in [6, 6.07) is 0. The minimum atomic E-state index is -0.139. The van der Waals surface area contributed by atoms with Crippen LogP contribution in [-0.2, 0) is 14.3 Å². The van der Waals surface area contributed by atoms with Gasteiger partial charge in [0, 0.05) is 32.7 Å². The molecule has 0 aromatic heterocycles. The molecule has 0 spiro atoms. The van der Waals surface area contributed by atoms with E-state index in [0.29, 0.717) is 13.0 Å². The number of carbonyl (C=O) groups excluding carboxylic acids is 1. The van der Waals surface area contributed by atoms with Crippen LogP contribution in [-0.4, -0.2) is 51.9 Å². The van der Waals surface area contributed by atoms with Gasteiger partial charge >= 0.3 is 5.97 Å². The molecular weight excluding hydrogens is 385 g/mol.